The third kappa shape index (κ3) is 16.6. The Morgan fingerprint density at radius 1 is 0.552 bits per heavy atom. The zero-order valence-corrected chi connectivity index (χ0v) is 46.2. The summed E-state index contributed by atoms with van der Waals surface area (Å²) in [5, 5.41) is 0. The molecule has 0 fully saturated rings. The van der Waals surface area contributed by atoms with E-state index in [0.717, 1.165) is 74.5 Å². The van der Waals surface area contributed by atoms with Gasteiger partial charge in [0.05, 0.1) is 36.9 Å². The van der Waals surface area contributed by atoms with Gasteiger partial charge in [0.15, 0.2) is 11.4 Å². The van der Waals surface area contributed by atoms with Gasteiger partial charge in [0.25, 0.3) is 11.6 Å². The molecule has 0 radical (unpaired) electrons. The van der Waals surface area contributed by atoms with Crippen molar-refractivity contribution in [3.63, 3.8) is 0 Å². The predicted octanol–water partition coefficient (Wildman–Crippen LogP) is 15.5. The topological polar surface area (TPSA) is 56.5 Å². The third-order valence-corrected chi connectivity index (χ3v) is 11.1. The summed E-state index contributed by atoms with van der Waals surface area (Å²) >= 11 is 0.389. The van der Waals surface area contributed by atoms with Crippen LogP contribution in [0, 0.1) is 27.7 Å². The molecule has 0 aliphatic carbocycles. The number of pyridine rings is 2. The first-order valence-electron chi connectivity index (χ1n) is 21.8. The van der Waals surface area contributed by atoms with Crippen molar-refractivity contribution in [2.45, 2.75) is 100 Å². The van der Waals surface area contributed by atoms with E-state index >= 15 is 0 Å². The quantitative estimate of drug-likeness (QED) is 0.0594. The summed E-state index contributed by atoms with van der Waals surface area (Å²) in [6.45, 7) is 26.0. The molecule has 0 unspecified atom stereocenters. The Morgan fingerprint density at radius 2 is 0.940 bits per heavy atom. The van der Waals surface area contributed by atoms with Crippen LogP contribution in [0.15, 0.2) is 119 Å². The molecule has 0 aliphatic heterocycles. The number of rotatable bonds is 10. The van der Waals surface area contributed by atoms with E-state index in [9.17, 15) is 0 Å². The summed E-state index contributed by atoms with van der Waals surface area (Å²) in [5.74, 6) is 1.63. The van der Waals surface area contributed by atoms with Crippen molar-refractivity contribution in [2.75, 3.05) is 14.1 Å². The van der Waals surface area contributed by atoms with Gasteiger partial charge in [-0.05, 0) is 104 Å². The molecule has 0 bridgehead atoms. The molecule has 0 spiro atoms. The summed E-state index contributed by atoms with van der Waals surface area (Å²) in [7, 11) is 23.0. The van der Waals surface area contributed by atoms with Gasteiger partial charge in [0.1, 0.15) is 0 Å². The van der Waals surface area contributed by atoms with Crippen molar-refractivity contribution < 1.29 is 35.4 Å². The van der Waals surface area contributed by atoms with E-state index in [-0.39, 0.29) is 37.1 Å². The molecule has 4 aromatic carbocycles. The predicted molar refractivity (Wildman–Crippen MR) is 280 cm³/mol. The van der Waals surface area contributed by atoms with Crippen molar-refractivity contribution in [1.82, 2.24) is 9.97 Å². The van der Waals surface area contributed by atoms with Gasteiger partial charge < -0.3 is 9.15 Å². The second-order valence-corrected chi connectivity index (χ2v) is 22.2. The number of aryl methyl sites for hydroxylation is 4. The molecule has 0 saturated carbocycles. The molecule has 6 aromatic rings. The van der Waals surface area contributed by atoms with Crippen LogP contribution in [0.4, 0.5) is 23.0 Å². The van der Waals surface area contributed by atoms with Crippen LogP contribution < -0.4 is 0 Å². The molecule has 354 valence electrons. The Bertz CT molecular complexity index is 2510. The molecule has 0 atom stereocenters. The Hall–Kier alpha value is -3.94. The number of hydrogen-bond acceptors (Lipinski definition) is 4. The zero-order chi connectivity index (χ0) is 49.6. The minimum absolute atomic E-state index is 0.105. The van der Waals surface area contributed by atoms with Gasteiger partial charge in [-0.25, -0.2) is 9.98 Å². The molecule has 6 rings (SSSR count). The van der Waals surface area contributed by atoms with Crippen molar-refractivity contribution in [3.05, 3.63) is 176 Å². The number of benzene rings is 4. The van der Waals surface area contributed by atoms with E-state index < -0.39 is 0 Å². The molecule has 0 N–H and O–H groups in total. The van der Waals surface area contributed by atoms with Crippen molar-refractivity contribution in [1.29, 1.82) is 0 Å². The number of aliphatic imine (C=N–C) groups is 2. The fraction of sp³-hybridized carbons (Fsp3) is 0.309. The number of halogens is 4. The van der Waals surface area contributed by atoms with Crippen LogP contribution in [0.3, 0.4) is 0 Å². The average molecular weight is 1060 g/mol. The fourth-order valence-electron chi connectivity index (χ4n) is 7.55. The summed E-state index contributed by atoms with van der Waals surface area (Å²) in [6.07, 6.45) is 7.89. The fourth-order valence-corrected chi connectivity index (χ4v) is 7.55. The molecule has 2 aromatic heterocycles. The Labute approximate surface area is 430 Å². The van der Waals surface area contributed by atoms with Crippen molar-refractivity contribution in [3.8, 4) is 0 Å². The van der Waals surface area contributed by atoms with Crippen LogP contribution >= 0.6 is 40.4 Å². The van der Waals surface area contributed by atoms with Gasteiger partial charge in [-0.1, -0.05) is 125 Å². The van der Waals surface area contributed by atoms with Crippen LogP contribution in [0.1, 0.15) is 122 Å². The van der Waals surface area contributed by atoms with Crippen LogP contribution in [0.25, 0.3) is 0 Å². The van der Waals surface area contributed by atoms with Gasteiger partial charge in [-0.2, -0.15) is 0 Å². The van der Waals surface area contributed by atoms with Crippen molar-refractivity contribution in [2.24, 2.45) is 9.98 Å². The van der Waals surface area contributed by atoms with Crippen molar-refractivity contribution >= 4 is 87.3 Å². The van der Waals surface area contributed by atoms with E-state index in [4.69, 9.17) is 60.3 Å². The van der Waals surface area contributed by atoms with E-state index in [1.54, 1.807) is 0 Å². The average Bonchev–Trinajstić information content (AvgIpc) is 3.26. The first kappa shape index (κ1) is 55.7. The maximum absolute atomic E-state index is 5.12. The molecular formula is C55H62Cl4Fe2N6+2. The van der Waals surface area contributed by atoms with Crippen LogP contribution in [-0.2, 0) is 43.5 Å². The van der Waals surface area contributed by atoms with Crippen LogP contribution in [-0.4, -0.2) is 57.1 Å². The molecule has 0 saturated heterocycles. The van der Waals surface area contributed by atoms with Crippen LogP contribution in [0.5, 0.6) is 0 Å². The summed E-state index contributed by atoms with van der Waals surface area (Å²) in [4.78, 5) is 19.9. The zero-order valence-electron chi connectivity index (χ0n) is 41.0. The number of nitrogens with zero attached hydrogens (tertiary/aromatic N) is 6. The Balaban J connectivity index is 0.00000155. The normalized spacial score (nSPS) is 12.6. The second kappa shape index (κ2) is 25.6. The van der Waals surface area contributed by atoms with Gasteiger partial charge in [0.2, 0.25) is 0 Å². The molecule has 12 heteroatoms. The SMILES string of the molecule is CC(=Nc1ccc(C(C)(C)C)cc1)c1cccc([N+](C)=[C-]c2c(C)cc(Cc3cc(C)c(N=C(C)c4cccc([N+](C)=[C-]c5ccc(C(C)(C)C)cc5)n4)c(C)c3)cc2C)n1.[Cl][Fe+][Cl].[Cl][Fe+][Cl]. The summed E-state index contributed by atoms with van der Waals surface area (Å²) in [6, 6.07) is 38.3. The molecule has 67 heavy (non-hydrogen) atoms. The van der Waals surface area contributed by atoms with Gasteiger partial charge in [0, 0.05) is 12.4 Å². The van der Waals surface area contributed by atoms with Gasteiger partial charge in [-0.15, -0.1) is 46.5 Å². The summed E-state index contributed by atoms with van der Waals surface area (Å²) < 4.78 is 3.92. The molecule has 0 aliphatic rings. The second-order valence-electron chi connectivity index (χ2n) is 18.6. The van der Waals surface area contributed by atoms with E-state index in [1.165, 1.54) is 33.4 Å². The number of aromatic nitrogens is 2. The monoisotopic (exact) mass is 1060 g/mol. The van der Waals surface area contributed by atoms with Gasteiger partial charge in [-0.3, -0.25) is 0 Å². The van der Waals surface area contributed by atoms with Gasteiger partial charge >= 0.3 is 66.7 Å². The Kier molecular flexibility index (Phi) is 21.3. The third-order valence-electron chi connectivity index (χ3n) is 11.1. The van der Waals surface area contributed by atoms with E-state index in [2.05, 4.69) is 154 Å². The van der Waals surface area contributed by atoms with E-state index in [0.29, 0.717) is 0 Å². The first-order chi connectivity index (χ1) is 31.6. The number of hydrogen-bond donors (Lipinski definition) is 0. The van der Waals surface area contributed by atoms with E-state index in [1.807, 2.05) is 73.5 Å². The molecule has 2 heterocycles. The standard InChI is InChI=1S/C55H62N6.4ClH.2Fe/c1-36-29-43(30-37(2)48(36)35-61(14)52-20-15-17-49(58-52)40(5)56-47-27-25-46(26-28-47)55(10,11)12)33-44-31-38(3)53(39(4)32-44)57-41(6)50-18-16-19-51(59-50)60(13)34-42-21-23-45(24-22-42)54(7,8)9;;;;;;/h15-32H,33H2,1-14H3;4*1H;;/q;;;;;2*+3/p-4. The minimum atomic E-state index is 0.105. The molecular weight excluding hydrogens is 998 g/mol. The molecule has 6 nitrogen and oxygen atoms in total. The van der Waals surface area contributed by atoms with Crippen LogP contribution in [0.2, 0.25) is 0 Å². The maximum atomic E-state index is 5.12. The first-order valence-corrected chi connectivity index (χ1v) is 27.8. The Morgan fingerprint density at radius 3 is 1.37 bits per heavy atom. The molecule has 0 amide bonds. The summed E-state index contributed by atoms with van der Waals surface area (Å²) in [5.41, 5.74) is 17.4.